The minimum Gasteiger partial charge on any atom is -0.494 e. The first-order valence-corrected chi connectivity index (χ1v) is 13.1. The first-order valence-electron chi connectivity index (χ1n) is 13.1. The number of halogens is 2. The number of unbranched alkanes of at least 4 members (excludes halogenated alkanes) is 2. The number of fused-ring (bicyclic) bond motifs is 1. The summed E-state index contributed by atoms with van der Waals surface area (Å²) in [4.78, 5) is 0. The molecule has 174 valence electrons. The molecule has 0 radical (unpaired) electrons. The molecular weight excluding hydrogens is 390 g/mol. The number of hydrogen-bond acceptors (Lipinski definition) is 1. The molecule has 0 heterocycles. The predicted molar refractivity (Wildman–Crippen MR) is 123 cm³/mol. The zero-order chi connectivity index (χ0) is 21.8. The van der Waals surface area contributed by atoms with E-state index in [1.54, 1.807) is 12.1 Å². The third kappa shape index (κ3) is 5.28. The second kappa shape index (κ2) is 10.7. The Balaban J connectivity index is 1.27. The highest BCUT2D eigenvalue weighted by atomic mass is 19.2. The summed E-state index contributed by atoms with van der Waals surface area (Å²) < 4.78 is 33.6. The van der Waals surface area contributed by atoms with E-state index in [0.29, 0.717) is 5.56 Å². The van der Waals surface area contributed by atoms with E-state index in [1.165, 1.54) is 84.2 Å². The molecule has 0 bridgehead atoms. The SMILES string of the molecule is CCCCCC1CCC2CC(C3CCC(c4ccc(OC)c(F)c4F)CC3)CCC2C1. The van der Waals surface area contributed by atoms with Crippen molar-refractivity contribution in [3.63, 3.8) is 0 Å². The summed E-state index contributed by atoms with van der Waals surface area (Å²) in [5, 5.41) is 0. The van der Waals surface area contributed by atoms with Gasteiger partial charge in [0, 0.05) is 0 Å². The molecule has 3 aliphatic rings. The molecule has 4 unspecified atom stereocenters. The highest BCUT2D eigenvalue weighted by Gasteiger charge is 2.39. The first-order chi connectivity index (χ1) is 15.1. The molecule has 0 saturated heterocycles. The van der Waals surface area contributed by atoms with Crippen LogP contribution in [0.25, 0.3) is 0 Å². The molecule has 0 aliphatic heterocycles. The largest absolute Gasteiger partial charge is 0.494 e. The van der Waals surface area contributed by atoms with Crippen LogP contribution < -0.4 is 4.74 Å². The van der Waals surface area contributed by atoms with Gasteiger partial charge < -0.3 is 4.74 Å². The predicted octanol–water partition coefficient (Wildman–Crippen LogP) is 8.66. The van der Waals surface area contributed by atoms with Crippen molar-refractivity contribution < 1.29 is 13.5 Å². The molecule has 3 heteroatoms. The van der Waals surface area contributed by atoms with Crippen molar-refractivity contribution in [2.24, 2.45) is 29.6 Å². The van der Waals surface area contributed by atoms with E-state index in [2.05, 4.69) is 6.92 Å². The molecule has 1 aromatic rings. The lowest BCUT2D eigenvalue weighted by molar-refractivity contribution is 0.0612. The molecule has 0 amide bonds. The number of ether oxygens (including phenoxy) is 1. The molecule has 3 saturated carbocycles. The molecule has 0 aromatic heterocycles. The van der Waals surface area contributed by atoms with Crippen LogP contribution in [0.15, 0.2) is 12.1 Å². The van der Waals surface area contributed by atoms with Crippen molar-refractivity contribution >= 4 is 0 Å². The average molecular weight is 433 g/mol. The first kappa shape index (κ1) is 23.1. The summed E-state index contributed by atoms with van der Waals surface area (Å²) in [7, 11) is 1.39. The van der Waals surface area contributed by atoms with Crippen molar-refractivity contribution in [1.29, 1.82) is 0 Å². The molecular formula is C28H42F2O. The van der Waals surface area contributed by atoms with Gasteiger partial charge in [-0.05, 0) is 105 Å². The van der Waals surface area contributed by atoms with E-state index in [9.17, 15) is 8.78 Å². The Kier molecular flexibility index (Phi) is 7.93. The lowest BCUT2D eigenvalue weighted by Gasteiger charge is -2.45. The van der Waals surface area contributed by atoms with Gasteiger partial charge in [-0.15, -0.1) is 0 Å². The fourth-order valence-corrected chi connectivity index (χ4v) is 7.32. The summed E-state index contributed by atoms with van der Waals surface area (Å²) in [6, 6.07) is 3.33. The van der Waals surface area contributed by atoms with Gasteiger partial charge in [-0.2, -0.15) is 4.39 Å². The van der Waals surface area contributed by atoms with Gasteiger partial charge in [0.2, 0.25) is 5.82 Å². The van der Waals surface area contributed by atoms with Gasteiger partial charge in [-0.3, -0.25) is 0 Å². The van der Waals surface area contributed by atoms with Crippen LogP contribution in [-0.2, 0) is 0 Å². The molecule has 31 heavy (non-hydrogen) atoms. The third-order valence-electron chi connectivity index (χ3n) is 9.15. The number of methoxy groups -OCH3 is 1. The van der Waals surface area contributed by atoms with Crippen LogP contribution in [0.3, 0.4) is 0 Å². The summed E-state index contributed by atoms with van der Waals surface area (Å²) in [6.07, 6.45) is 18.7. The van der Waals surface area contributed by atoms with E-state index < -0.39 is 11.6 Å². The topological polar surface area (TPSA) is 9.23 Å². The summed E-state index contributed by atoms with van der Waals surface area (Å²) in [6.45, 7) is 2.30. The van der Waals surface area contributed by atoms with Gasteiger partial charge in [0.15, 0.2) is 11.6 Å². The normalized spacial score (nSPS) is 33.7. The second-order valence-corrected chi connectivity index (χ2v) is 10.9. The van der Waals surface area contributed by atoms with Crippen LogP contribution in [0.1, 0.15) is 108 Å². The van der Waals surface area contributed by atoms with E-state index >= 15 is 0 Å². The maximum absolute atomic E-state index is 14.5. The van der Waals surface area contributed by atoms with Gasteiger partial charge >= 0.3 is 0 Å². The van der Waals surface area contributed by atoms with Gasteiger partial charge in [-0.1, -0.05) is 45.1 Å². The lowest BCUT2D eigenvalue weighted by atomic mass is 9.60. The maximum atomic E-state index is 14.5. The lowest BCUT2D eigenvalue weighted by Crippen LogP contribution is -2.34. The number of rotatable bonds is 7. The van der Waals surface area contributed by atoms with Gasteiger partial charge in [0.25, 0.3) is 0 Å². The Hall–Kier alpha value is -1.12. The number of benzene rings is 1. The van der Waals surface area contributed by atoms with Crippen LogP contribution in [0, 0.1) is 41.2 Å². The third-order valence-corrected chi connectivity index (χ3v) is 9.15. The molecule has 4 atom stereocenters. The zero-order valence-corrected chi connectivity index (χ0v) is 19.7. The van der Waals surface area contributed by atoms with E-state index in [0.717, 1.165) is 42.4 Å². The van der Waals surface area contributed by atoms with Crippen molar-refractivity contribution in [3.05, 3.63) is 29.3 Å². The van der Waals surface area contributed by atoms with Crippen molar-refractivity contribution in [2.75, 3.05) is 7.11 Å². The summed E-state index contributed by atoms with van der Waals surface area (Å²) in [5.74, 6) is 3.26. The minimum absolute atomic E-state index is 0.00628. The smallest absolute Gasteiger partial charge is 0.200 e. The van der Waals surface area contributed by atoms with Crippen LogP contribution in [0.4, 0.5) is 8.78 Å². The maximum Gasteiger partial charge on any atom is 0.200 e. The molecule has 0 spiro atoms. The fourth-order valence-electron chi connectivity index (χ4n) is 7.32. The minimum atomic E-state index is -0.828. The molecule has 3 fully saturated rings. The molecule has 4 rings (SSSR count). The van der Waals surface area contributed by atoms with Crippen molar-refractivity contribution in [1.82, 2.24) is 0 Å². The zero-order valence-electron chi connectivity index (χ0n) is 19.7. The van der Waals surface area contributed by atoms with E-state index in [-0.39, 0.29) is 11.7 Å². The molecule has 1 nitrogen and oxygen atoms in total. The second-order valence-electron chi connectivity index (χ2n) is 10.9. The Morgan fingerprint density at radius 2 is 1.42 bits per heavy atom. The van der Waals surface area contributed by atoms with Crippen molar-refractivity contribution in [3.8, 4) is 5.75 Å². The Labute approximate surface area is 188 Å². The standard InChI is InChI=1S/C28H42F2O/c1-3-4-5-6-19-7-8-24-18-23(14-13-22(24)17-19)20-9-11-21(12-10-20)25-15-16-26(31-2)28(30)27(25)29/h15-16,19-24H,3-14,17-18H2,1-2H3. The van der Waals surface area contributed by atoms with Crippen LogP contribution in [0.5, 0.6) is 5.75 Å². The number of hydrogen-bond donors (Lipinski definition) is 0. The Bertz CT molecular complexity index is 709. The monoisotopic (exact) mass is 432 g/mol. The van der Waals surface area contributed by atoms with Crippen LogP contribution in [0.2, 0.25) is 0 Å². The summed E-state index contributed by atoms with van der Waals surface area (Å²) >= 11 is 0. The van der Waals surface area contributed by atoms with Crippen LogP contribution >= 0.6 is 0 Å². The van der Waals surface area contributed by atoms with E-state index in [1.807, 2.05) is 0 Å². The molecule has 1 aromatic carbocycles. The highest BCUT2D eigenvalue weighted by Crippen LogP contribution is 2.50. The fraction of sp³-hybridized carbons (Fsp3) is 0.786. The van der Waals surface area contributed by atoms with Gasteiger partial charge in [-0.25, -0.2) is 4.39 Å². The Morgan fingerprint density at radius 1 is 0.774 bits per heavy atom. The van der Waals surface area contributed by atoms with Crippen LogP contribution in [-0.4, -0.2) is 7.11 Å². The Morgan fingerprint density at radius 3 is 2.13 bits per heavy atom. The van der Waals surface area contributed by atoms with E-state index in [4.69, 9.17) is 4.74 Å². The van der Waals surface area contributed by atoms with Gasteiger partial charge in [0.05, 0.1) is 7.11 Å². The average Bonchev–Trinajstić information content (AvgIpc) is 2.81. The summed E-state index contributed by atoms with van der Waals surface area (Å²) in [5.41, 5.74) is 0.557. The van der Waals surface area contributed by atoms with Crippen molar-refractivity contribution in [2.45, 2.75) is 103 Å². The molecule has 0 N–H and O–H groups in total. The quantitative estimate of drug-likeness (QED) is 0.392. The van der Waals surface area contributed by atoms with Gasteiger partial charge in [0.1, 0.15) is 0 Å². The highest BCUT2D eigenvalue weighted by molar-refractivity contribution is 5.33. The molecule has 3 aliphatic carbocycles.